The summed E-state index contributed by atoms with van der Waals surface area (Å²) in [5.41, 5.74) is 3.57. The Balaban J connectivity index is 1.43. The Morgan fingerprint density at radius 2 is 1.48 bits per heavy atom. The van der Waals surface area contributed by atoms with Crippen LogP contribution in [0.4, 0.5) is 0 Å². The van der Waals surface area contributed by atoms with Crippen LogP contribution in [0.15, 0.2) is 83.3 Å². The first kappa shape index (κ1) is 21.6. The Morgan fingerprint density at radius 3 is 2.10 bits per heavy atom. The molecule has 5 heteroatoms. The molecule has 1 amide bonds. The first-order chi connectivity index (χ1) is 15.1. The summed E-state index contributed by atoms with van der Waals surface area (Å²) in [4.78, 5) is 17.3. The molecule has 1 fully saturated rings. The largest absolute Gasteiger partial charge is 0.497 e. The number of amides is 1. The summed E-state index contributed by atoms with van der Waals surface area (Å²) < 4.78 is 6.28. The quantitative estimate of drug-likeness (QED) is 0.503. The van der Waals surface area contributed by atoms with Gasteiger partial charge in [-0.2, -0.15) is 0 Å². The molecule has 0 N–H and O–H groups in total. The van der Waals surface area contributed by atoms with Crippen molar-refractivity contribution in [2.24, 2.45) is 0 Å². The number of ether oxygens (including phenoxy) is 1. The van der Waals surface area contributed by atoms with Gasteiger partial charge in [0.2, 0.25) is 5.91 Å². The molecule has 1 saturated heterocycles. The van der Waals surface area contributed by atoms with E-state index in [4.69, 9.17) is 4.74 Å². The number of methoxy groups -OCH3 is 1. The van der Waals surface area contributed by atoms with Crippen LogP contribution in [0.2, 0.25) is 0 Å². The van der Waals surface area contributed by atoms with Crippen molar-refractivity contribution >= 4 is 21.8 Å². The Kier molecular flexibility index (Phi) is 7.05. The molecule has 0 bridgehead atoms. The highest BCUT2D eigenvalue weighted by molar-refractivity contribution is 9.10. The maximum Gasteiger partial charge on any atom is 0.227 e. The monoisotopic (exact) mass is 478 g/mol. The summed E-state index contributed by atoms with van der Waals surface area (Å²) in [6, 6.07) is 27.1. The predicted molar refractivity (Wildman–Crippen MR) is 127 cm³/mol. The summed E-state index contributed by atoms with van der Waals surface area (Å²) in [5.74, 6) is 0.995. The fraction of sp³-hybridized carbons (Fsp3) is 0.269. The lowest BCUT2D eigenvalue weighted by atomic mass is 9.96. The fourth-order valence-electron chi connectivity index (χ4n) is 4.15. The van der Waals surface area contributed by atoms with E-state index >= 15 is 0 Å². The number of halogens is 1. The summed E-state index contributed by atoms with van der Waals surface area (Å²) in [6.45, 7) is 3.19. The van der Waals surface area contributed by atoms with Gasteiger partial charge in [0.05, 0.1) is 19.6 Å². The maximum atomic E-state index is 12.8. The van der Waals surface area contributed by atoms with Crippen LogP contribution in [-0.4, -0.2) is 49.0 Å². The van der Waals surface area contributed by atoms with Gasteiger partial charge in [0, 0.05) is 30.7 Å². The highest BCUT2D eigenvalue weighted by Crippen LogP contribution is 2.30. The van der Waals surface area contributed by atoms with Crippen LogP contribution < -0.4 is 4.74 Å². The van der Waals surface area contributed by atoms with Gasteiger partial charge in [0.1, 0.15) is 5.75 Å². The van der Waals surface area contributed by atoms with E-state index < -0.39 is 0 Å². The van der Waals surface area contributed by atoms with E-state index in [0.717, 1.165) is 42.0 Å². The molecule has 0 aromatic heterocycles. The molecule has 0 saturated carbocycles. The van der Waals surface area contributed by atoms with Crippen LogP contribution in [0, 0.1) is 0 Å². The first-order valence-corrected chi connectivity index (χ1v) is 11.4. The number of nitrogens with zero attached hydrogens (tertiary/aromatic N) is 2. The highest BCUT2D eigenvalue weighted by Gasteiger charge is 2.28. The number of piperazine rings is 1. The van der Waals surface area contributed by atoms with Crippen LogP contribution in [-0.2, 0) is 11.2 Å². The molecule has 0 spiro atoms. The van der Waals surface area contributed by atoms with Crippen molar-refractivity contribution in [3.05, 3.63) is 100 Å². The molecule has 4 rings (SSSR count). The van der Waals surface area contributed by atoms with Crippen molar-refractivity contribution in [1.29, 1.82) is 0 Å². The SMILES string of the molecule is COc1ccc(CC(=O)N2CCN([C@@H](c3ccccc3)c3ccc(Br)cc3)CC2)cc1. The van der Waals surface area contributed by atoms with Crippen molar-refractivity contribution in [3.8, 4) is 5.75 Å². The molecule has 4 nitrogen and oxygen atoms in total. The van der Waals surface area contributed by atoms with E-state index in [1.807, 2.05) is 29.2 Å². The number of benzene rings is 3. The summed E-state index contributed by atoms with van der Waals surface area (Å²) in [6.07, 6.45) is 0.429. The van der Waals surface area contributed by atoms with E-state index in [-0.39, 0.29) is 11.9 Å². The van der Waals surface area contributed by atoms with E-state index in [1.165, 1.54) is 11.1 Å². The number of carbonyl (C=O) groups excluding carboxylic acids is 1. The second kappa shape index (κ2) is 10.1. The van der Waals surface area contributed by atoms with Crippen LogP contribution in [0.1, 0.15) is 22.7 Å². The van der Waals surface area contributed by atoms with Gasteiger partial charge in [-0.3, -0.25) is 9.69 Å². The highest BCUT2D eigenvalue weighted by atomic mass is 79.9. The Bertz CT molecular complexity index is 982. The first-order valence-electron chi connectivity index (χ1n) is 10.6. The molecule has 0 radical (unpaired) electrons. The Morgan fingerprint density at radius 1 is 0.871 bits per heavy atom. The molecule has 1 atom stereocenters. The molecular weight excluding hydrogens is 452 g/mol. The van der Waals surface area contributed by atoms with Crippen LogP contribution in [0.25, 0.3) is 0 Å². The van der Waals surface area contributed by atoms with Gasteiger partial charge >= 0.3 is 0 Å². The molecule has 3 aromatic rings. The molecule has 3 aromatic carbocycles. The van der Waals surface area contributed by atoms with Crippen molar-refractivity contribution in [2.45, 2.75) is 12.5 Å². The average molecular weight is 479 g/mol. The topological polar surface area (TPSA) is 32.8 Å². The Labute approximate surface area is 192 Å². The molecule has 31 heavy (non-hydrogen) atoms. The minimum atomic E-state index is 0.185. The minimum absolute atomic E-state index is 0.185. The van der Waals surface area contributed by atoms with Crippen LogP contribution >= 0.6 is 15.9 Å². The van der Waals surface area contributed by atoms with E-state index in [1.54, 1.807) is 7.11 Å². The molecule has 0 aliphatic carbocycles. The van der Waals surface area contributed by atoms with Crippen molar-refractivity contribution in [1.82, 2.24) is 9.80 Å². The van der Waals surface area contributed by atoms with Gasteiger partial charge in [0.15, 0.2) is 0 Å². The third-order valence-electron chi connectivity index (χ3n) is 5.85. The zero-order valence-electron chi connectivity index (χ0n) is 17.7. The zero-order chi connectivity index (χ0) is 21.6. The predicted octanol–water partition coefficient (Wildman–Crippen LogP) is 4.93. The number of carbonyl (C=O) groups is 1. The molecule has 1 heterocycles. The lowest BCUT2D eigenvalue weighted by Gasteiger charge is -2.40. The zero-order valence-corrected chi connectivity index (χ0v) is 19.3. The van der Waals surface area contributed by atoms with Gasteiger partial charge in [-0.25, -0.2) is 0 Å². The number of hydrogen-bond donors (Lipinski definition) is 0. The van der Waals surface area contributed by atoms with E-state index in [9.17, 15) is 4.79 Å². The van der Waals surface area contributed by atoms with Gasteiger partial charge < -0.3 is 9.64 Å². The third-order valence-corrected chi connectivity index (χ3v) is 6.38. The second-order valence-electron chi connectivity index (χ2n) is 7.81. The lowest BCUT2D eigenvalue weighted by Crippen LogP contribution is -2.50. The van der Waals surface area contributed by atoms with Crippen molar-refractivity contribution in [3.63, 3.8) is 0 Å². The second-order valence-corrected chi connectivity index (χ2v) is 8.72. The molecular formula is C26H27BrN2O2. The standard InChI is InChI=1S/C26H27BrN2O2/c1-31-24-13-7-20(8-14-24)19-25(30)28-15-17-29(18-16-28)26(21-5-3-2-4-6-21)22-9-11-23(27)12-10-22/h2-14,26H,15-19H2,1H3/t26-/m0/s1. The van der Waals surface area contributed by atoms with E-state index in [2.05, 4.69) is 75.4 Å². The van der Waals surface area contributed by atoms with Gasteiger partial charge in [-0.1, -0.05) is 70.5 Å². The summed E-state index contributed by atoms with van der Waals surface area (Å²) in [5, 5.41) is 0. The van der Waals surface area contributed by atoms with Gasteiger partial charge in [0.25, 0.3) is 0 Å². The van der Waals surface area contributed by atoms with Crippen LogP contribution in [0.5, 0.6) is 5.75 Å². The summed E-state index contributed by atoms with van der Waals surface area (Å²) >= 11 is 3.54. The molecule has 1 aliphatic heterocycles. The van der Waals surface area contributed by atoms with Gasteiger partial charge in [-0.15, -0.1) is 0 Å². The normalized spacial score (nSPS) is 15.5. The number of rotatable bonds is 6. The fourth-order valence-corrected chi connectivity index (χ4v) is 4.42. The molecule has 1 aliphatic rings. The van der Waals surface area contributed by atoms with Gasteiger partial charge in [-0.05, 0) is 41.0 Å². The summed E-state index contributed by atoms with van der Waals surface area (Å²) in [7, 11) is 1.65. The van der Waals surface area contributed by atoms with Crippen molar-refractivity contribution < 1.29 is 9.53 Å². The minimum Gasteiger partial charge on any atom is -0.497 e. The average Bonchev–Trinajstić information content (AvgIpc) is 2.82. The lowest BCUT2D eigenvalue weighted by molar-refractivity contribution is -0.132. The van der Waals surface area contributed by atoms with Crippen molar-refractivity contribution in [2.75, 3.05) is 33.3 Å². The van der Waals surface area contributed by atoms with E-state index in [0.29, 0.717) is 6.42 Å². The maximum absolute atomic E-state index is 12.8. The molecule has 160 valence electrons. The Hall–Kier alpha value is -2.63. The van der Waals surface area contributed by atoms with Crippen LogP contribution in [0.3, 0.4) is 0 Å². The smallest absolute Gasteiger partial charge is 0.227 e. The third kappa shape index (κ3) is 5.35. The molecule has 0 unspecified atom stereocenters. The number of hydrogen-bond acceptors (Lipinski definition) is 3.